The first-order chi connectivity index (χ1) is 5.27. The summed E-state index contributed by atoms with van der Waals surface area (Å²) in [6, 6.07) is 5.54. The number of nitrogens with one attached hydrogen (secondary N) is 1. The molecule has 0 saturated carbocycles. The summed E-state index contributed by atoms with van der Waals surface area (Å²) in [4.78, 5) is 10.4. The van der Waals surface area contributed by atoms with Gasteiger partial charge in [0.25, 0.3) is 0 Å². The lowest BCUT2D eigenvalue weighted by molar-refractivity contribution is 0.112. The van der Waals surface area contributed by atoms with E-state index in [0.717, 1.165) is 15.5 Å². The molecule has 1 aromatic rings. The third-order valence-electron chi connectivity index (χ3n) is 1.40. The molecular formula is C8H8INO. The molecule has 2 nitrogen and oxygen atoms in total. The van der Waals surface area contributed by atoms with Gasteiger partial charge in [0.1, 0.15) is 6.29 Å². The number of aldehydes is 1. The second kappa shape index (κ2) is 3.71. The first kappa shape index (κ1) is 8.52. The number of rotatable bonds is 2. The van der Waals surface area contributed by atoms with E-state index in [-0.39, 0.29) is 0 Å². The van der Waals surface area contributed by atoms with Gasteiger partial charge in [0.15, 0.2) is 0 Å². The SMILES string of the molecule is CNc1cc(C=O)ccc1I. The molecule has 0 fully saturated rings. The van der Waals surface area contributed by atoms with Crippen molar-refractivity contribution >= 4 is 34.6 Å². The number of carbonyl (C=O) groups is 1. The summed E-state index contributed by atoms with van der Waals surface area (Å²) in [5.41, 5.74) is 1.70. The molecule has 58 valence electrons. The number of benzene rings is 1. The zero-order valence-electron chi connectivity index (χ0n) is 6.10. The van der Waals surface area contributed by atoms with E-state index in [4.69, 9.17) is 0 Å². The third kappa shape index (κ3) is 1.92. The van der Waals surface area contributed by atoms with Crippen LogP contribution in [0.4, 0.5) is 5.69 Å². The molecule has 0 amide bonds. The van der Waals surface area contributed by atoms with Crippen molar-refractivity contribution in [1.82, 2.24) is 0 Å². The van der Waals surface area contributed by atoms with Crippen LogP contribution in [0.1, 0.15) is 10.4 Å². The molecule has 0 aliphatic rings. The Balaban J connectivity index is 3.12. The van der Waals surface area contributed by atoms with E-state index in [2.05, 4.69) is 27.9 Å². The highest BCUT2D eigenvalue weighted by atomic mass is 127. The lowest BCUT2D eigenvalue weighted by Crippen LogP contribution is -1.92. The Labute approximate surface area is 79.1 Å². The number of anilines is 1. The highest BCUT2D eigenvalue weighted by Crippen LogP contribution is 2.17. The number of hydrogen-bond donors (Lipinski definition) is 1. The van der Waals surface area contributed by atoms with Gasteiger partial charge in [-0.3, -0.25) is 4.79 Å². The van der Waals surface area contributed by atoms with Crippen LogP contribution in [0.15, 0.2) is 18.2 Å². The summed E-state index contributed by atoms with van der Waals surface area (Å²) in [7, 11) is 1.84. The predicted molar refractivity (Wildman–Crippen MR) is 54.1 cm³/mol. The van der Waals surface area contributed by atoms with Crippen molar-refractivity contribution in [2.45, 2.75) is 0 Å². The average molecular weight is 261 g/mol. The van der Waals surface area contributed by atoms with E-state index in [1.165, 1.54) is 0 Å². The van der Waals surface area contributed by atoms with Gasteiger partial charge in [0.2, 0.25) is 0 Å². The van der Waals surface area contributed by atoms with Gasteiger partial charge in [-0.1, -0.05) is 6.07 Å². The topological polar surface area (TPSA) is 29.1 Å². The van der Waals surface area contributed by atoms with E-state index in [9.17, 15) is 4.79 Å². The molecule has 0 heterocycles. The Morgan fingerprint density at radius 2 is 2.27 bits per heavy atom. The van der Waals surface area contributed by atoms with Crippen molar-refractivity contribution in [3.8, 4) is 0 Å². The van der Waals surface area contributed by atoms with Crippen molar-refractivity contribution < 1.29 is 4.79 Å². The fourth-order valence-electron chi connectivity index (χ4n) is 0.808. The minimum absolute atomic E-state index is 0.703. The van der Waals surface area contributed by atoms with Crippen LogP contribution < -0.4 is 5.32 Å². The van der Waals surface area contributed by atoms with E-state index >= 15 is 0 Å². The summed E-state index contributed by atoms with van der Waals surface area (Å²) in [6.07, 6.45) is 0.844. The molecule has 0 aromatic heterocycles. The summed E-state index contributed by atoms with van der Waals surface area (Å²) < 4.78 is 1.12. The fourth-order valence-corrected chi connectivity index (χ4v) is 1.41. The Hall–Kier alpha value is -0.580. The lowest BCUT2D eigenvalue weighted by Gasteiger charge is -2.02. The smallest absolute Gasteiger partial charge is 0.150 e. The van der Waals surface area contributed by atoms with Crippen molar-refractivity contribution in [3.05, 3.63) is 27.3 Å². The first-order valence-corrected chi connectivity index (χ1v) is 4.28. The molecule has 11 heavy (non-hydrogen) atoms. The number of hydrogen-bond acceptors (Lipinski definition) is 2. The van der Waals surface area contributed by atoms with Gasteiger partial charge >= 0.3 is 0 Å². The van der Waals surface area contributed by atoms with Gasteiger partial charge < -0.3 is 5.32 Å². The van der Waals surface area contributed by atoms with Gasteiger partial charge in [0, 0.05) is 21.9 Å². The highest BCUT2D eigenvalue weighted by molar-refractivity contribution is 14.1. The van der Waals surface area contributed by atoms with Crippen molar-refractivity contribution in [3.63, 3.8) is 0 Å². The van der Waals surface area contributed by atoms with Crippen molar-refractivity contribution in [2.75, 3.05) is 12.4 Å². The molecule has 0 saturated heterocycles. The molecule has 1 N–H and O–H groups in total. The summed E-state index contributed by atoms with van der Waals surface area (Å²) >= 11 is 2.21. The third-order valence-corrected chi connectivity index (χ3v) is 2.34. The molecule has 0 aliphatic heterocycles. The minimum atomic E-state index is 0.703. The van der Waals surface area contributed by atoms with Crippen LogP contribution in [0.5, 0.6) is 0 Å². The van der Waals surface area contributed by atoms with Gasteiger partial charge in [-0.15, -0.1) is 0 Å². The number of carbonyl (C=O) groups excluding carboxylic acids is 1. The Morgan fingerprint density at radius 3 is 2.82 bits per heavy atom. The van der Waals surface area contributed by atoms with Crippen LogP contribution in [-0.4, -0.2) is 13.3 Å². The molecule has 1 aromatic carbocycles. The molecule has 0 spiro atoms. The molecule has 1 rings (SSSR count). The molecular weight excluding hydrogens is 253 g/mol. The zero-order chi connectivity index (χ0) is 8.27. The van der Waals surface area contributed by atoms with Gasteiger partial charge in [-0.25, -0.2) is 0 Å². The van der Waals surface area contributed by atoms with Gasteiger partial charge in [0.05, 0.1) is 0 Å². The van der Waals surface area contributed by atoms with Crippen LogP contribution in [0.25, 0.3) is 0 Å². The number of halogens is 1. The Kier molecular flexibility index (Phi) is 2.87. The van der Waals surface area contributed by atoms with Crippen molar-refractivity contribution in [2.24, 2.45) is 0 Å². The van der Waals surface area contributed by atoms with Crippen LogP contribution in [-0.2, 0) is 0 Å². The summed E-state index contributed by atoms with van der Waals surface area (Å²) in [6.45, 7) is 0. The van der Waals surface area contributed by atoms with E-state index in [1.54, 1.807) is 6.07 Å². The average Bonchev–Trinajstić information content (AvgIpc) is 2.05. The highest BCUT2D eigenvalue weighted by Gasteiger charge is 1.97. The minimum Gasteiger partial charge on any atom is -0.387 e. The lowest BCUT2D eigenvalue weighted by atomic mass is 10.2. The molecule has 0 unspecified atom stereocenters. The summed E-state index contributed by atoms with van der Waals surface area (Å²) in [5.74, 6) is 0. The van der Waals surface area contributed by atoms with Crippen LogP contribution >= 0.6 is 22.6 Å². The van der Waals surface area contributed by atoms with Crippen LogP contribution in [0, 0.1) is 3.57 Å². The maximum absolute atomic E-state index is 10.4. The molecule has 0 radical (unpaired) electrons. The predicted octanol–water partition coefficient (Wildman–Crippen LogP) is 2.15. The maximum Gasteiger partial charge on any atom is 0.150 e. The molecule has 0 atom stereocenters. The molecule has 0 bridgehead atoms. The van der Waals surface area contributed by atoms with E-state index in [0.29, 0.717) is 5.56 Å². The Bertz CT molecular complexity index is 273. The maximum atomic E-state index is 10.4. The van der Waals surface area contributed by atoms with Crippen molar-refractivity contribution in [1.29, 1.82) is 0 Å². The standard InChI is InChI=1S/C8H8INO/c1-10-8-4-6(5-11)2-3-7(8)9/h2-5,10H,1H3. The largest absolute Gasteiger partial charge is 0.387 e. The zero-order valence-corrected chi connectivity index (χ0v) is 8.25. The van der Waals surface area contributed by atoms with Gasteiger partial charge in [-0.2, -0.15) is 0 Å². The second-order valence-corrected chi connectivity index (χ2v) is 3.27. The molecule has 0 aliphatic carbocycles. The quantitative estimate of drug-likeness (QED) is 0.652. The normalized spacial score (nSPS) is 9.27. The first-order valence-electron chi connectivity index (χ1n) is 3.20. The monoisotopic (exact) mass is 261 g/mol. The fraction of sp³-hybridized carbons (Fsp3) is 0.125. The Morgan fingerprint density at radius 1 is 1.55 bits per heavy atom. The second-order valence-electron chi connectivity index (χ2n) is 2.11. The van der Waals surface area contributed by atoms with E-state index in [1.807, 2.05) is 19.2 Å². The van der Waals surface area contributed by atoms with Crippen LogP contribution in [0.3, 0.4) is 0 Å². The van der Waals surface area contributed by atoms with Crippen LogP contribution in [0.2, 0.25) is 0 Å². The van der Waals surface area contributed by atoms with Gasteiger partial charge in [-0.05, 0) is 34.7 Å². The summed E-state index contributed by atoms with van der Waals surface area (Å²) in [5, 5.41) is 3.00. The van der Waals surface area contributed by atoms with E-state index < -0.39 is 0 Å². The molecule has 3 heteroatoms.